The van der Waals surface area contributed by atoms with Gasteiger partial charge in [0.1, 0.15) is 5.75 Å². The molecule has 0 saturated carbocycles. The maximum atomic E-state index is 5.50. The summed E-state index contributed by atoms with van der Waals surface area (Å²) in [6, 6.07) is 6.41. The zero-order valence-corrected chi connectivity index (χ0v) is 9.79. The van der Waals surface area contributed by atoms with E-state index in [4.69, 9.17) is 4.74 Å². The molecule has 78 valence electrons. The number of hydrogen-bond donors (Lipinski definition) is 0. The van der Waals surface area contributed by atoms with Crippen LogP contribution in [0.2, 0.25) is 0 Å². The Balaban J connectivity index is 3.25. The van der Waals surface area contributed by atoms with Crippen molar-refractivity contribution in [3.8, 4) is 5.75 Å². The third-order valence-corrected chi connectivity index (χ3v) is 2.52. The van der Waals surface area contributed by atoms with E-state index in [1.165, 1.54) is 11.1 Å². The third kappa shape index (κ3) is 2.09. The molecule has 0 radical (unpaired) electrons. The number of methoxy groups -OCH3 is 1. The van der Waals surface area contributed by atoms with Crippen molar-refractivity contribution in [2.75, 3.05) is 7.11 Å². The van der Waals surface area contributed by atoms with Gasteiger partial charge in [-0.1, -0.05) is 45.9 Å². The van der Waals surface area contributed by atoms with Gasteiger partial charge >= 0.3 is 0 Å². The maximum Gasteiger partial charge on any atom is 0.125 e. The SMILES string of the molecule is COc1c(C(C)C)cccc1C(C)C. The number of ether oxygens (including phenoxy) is 1. The highest BCUT2D eigenvalue weighted by Crippen LogP contribution is 2.33. The summed E-state index contributed by atoms with van der Waals surface area (Å²) in [5.41, 5.74) is 2.61. The molecule has 0 heterocycles. The number of para-hydroxylation sites is 1. The average molecular weight is 192 g/mol. The molecule has 0 aliphatic carbocycles. The van der Waals surface area contributed by atoms with Crippen molar-refractivity contribution >= 4 is 0 Å². The van der Waals surface area contributed by atoms with Gasteiger partial charge in [-0.2, -0.15) is 0 Å². The molecule has 14 heavy (non-hydrogen) atoms. The van der Waals surface area contributed by atoms with Crippen LogP contribution in [0.1, 0.15) is 50.7 Å². The maximum absolute atomic E-state index is 5.50. The average Bonchev–Trinajstić information content (AvgIpc) is 2.16. The Labute approximate surface area is 87.1 Å². The molecule has 1 heteroatoms. The van der Waals surface area contributed by atoms with E-state index in [0.29, 0.717) is 11.8 Å². The van der Waals surface area contributed by atoms with Crippen LogP contribution in [0.25, 0.3) is 0 Å². The Kier molecular flexibility index (Phi) is 3.56. The summed E-state index contributed by atoms with van der Waals surface area (Å²) in [6.07, 6.45) is 0. The summed E-state index contributed by atoms with van der Waals surface area (Å²) in [5.74, 6) is 2.10. The fraction of sp³-hybridized carbons (Fsp3) is 0.538. The monoisotopic (exact) mass is 192 g/mol. The molecule has 1 aromatic carbocycles. The summed E-state index contributed by atoms with van der Waals surface area (Å²) >= 11 is 0. The van der Waals surface area contributed by atoms with E-state index in [9.17, 15) is 0 Å². The molecule has 0 unspecified atom stereocenters. The van der Waals surface area contributed by atoms with Crippen LogP contribution in [-0.2, 0) is 0 Å². The largest absolute Gasteiger partial charge is 0.496 e. The molecule has 0 aliphatic heterocycles. The van der Waals surface area contributed by atoms with Gasteiger partial charge in [0, 0.05) is 0 Å². The molecule has 1 rings (SSSR count). The van der Waals surface area contributed by atoms with Crippen LogP contribution in [0.5, 0.6) is 5.75 Å². The predicted molar refractivity (Wildman–Crippen MR) is 61.2 cm³/mol. The Bertz CT molecular complexity index is 274. The Morgan fingerprint density at radius 1 is 0.929 bits per heavy atom. The molecular weight excluding hydrogens is 172 g/mol. The van der Waals surface area contributed by atoms with Gasteiger partial charge in [0.15, 0.2) is 0 Å². The fourth-order valence-corrected chi connectivity index (χ4v) is 1.72. The van der Waals surface area contributed by atoms with E-state index in [2.05, 4.69) is 45.9 Å². The van der Waals surface area contributed by atoms with Crippen LogP contribution >= 0.6 is 0 Å². The van der Waals surface area contributed by atoms with Crippen LogP contribution in [-0.4, -0.2) is 7.11 Å². The van der Waals surface area contributed by atoms with Gasteiger partial charge in [-0.05, 0) is 23.0 Å². The van der Waals surface area contributed by atoms with Crippen molar-refractivity contribution in [1.29, 1.82) is 0 Å². The summed E-state index contributed by atoms with van der Waals surface area (Å²) in [4.78, 5) is 0. The first-order chi connectivity index (χ1) is 6.57. The van der Waals surface area contributed by atoms with E-state index in [1.807, 2.05) is 0 Å². The fourth-order valence-electron chi connectivity index (χ4n) is 1.72. The molecule has 1 nitrogen and oxygen atoms in total. The van der Waals surface area contributed by atoms with Crippen molar-refractivity contribution in [1.82, 2.24) is 0 Å². The smallest absolute Gasteiger partial charge is 0.125 e. The molecule has 1 aromatic rings. The standard InChI is InChI=1S/C13H20O/c1-9(2)11-7-6-8-12(10(3)4)13(11)14-5/h6-10H,1-5H3. The Hall–Kier alpha value is -0.980. The lowest BCUT2D eigenvalue weighted by atomic mass is 9.94. The summed E-state index contributed by atoms with van der Waals surface area (Å²) < 4.78 is 5.50. The van der Waals surface area contributed by atoms with Crippen LogP contribution in [0.4, 0.5) is 0 Å². The summed E-state index contributed by atoms with van der Waals surface area (Å²) in [7, 11) is 1.76. The highest BCUT2D eigenvalue weighted by atomic mass is 16.5. The highest BCUT2D eigenvalue weighted by Gasteiger charge is 2.13. The van der Waals surface area contributed by atoms with Crippen molar-refractivity contribution in [3.05, 3.63) is 29.3 Å². The molecule has 0 amide bonds. The number of rotatable bonds is 3. The van der Waals surface area contributed by atoms with Crippen molar-refractivity contribution in [3.63, 3.8) is 0 Å². The molecule has 0 bridgehead atoms. The van der Waals surface area contributed by atoms with Gasteiger partial charge in [0.05, 0.1) is 7.11 Å². The first-order valence-electron chi connectivity index (χ1n) is 5.24. The van der Waals surface area contributed by atoms with Crippen molar-refractivity contribution < 1.29 is 4.74 Å². The van der Waals surface area contributed by atoms with Crippen LogP contribution in [0.15, 0.2) is 18.2 Å². The Morgan fingerprint density at radius 3 is 1.64 bits per heavy atom. The molecule has 0 aliphatic rings. The van der Waals surface area contributed by atoms with Gasteiger partial charge in [0.25, 0.3) is 0 Å². The molecule has 0 fully saturated rings. The van der Waals surface area contributed by atoms with E-state index in [1.54, 1.807) is 7.11 Å². The van der Waals surface area contributed by atoms with E-state index >= 15 is 0 Å². The summed E-state index contributed by atoms with van der Waals surface area (Å²) in [5, 5.41) is 0. The van der Waals surface area contributed by atoms with Crippen LogP contribution in [0, 0.1) is 0 Å². The second-order valence-corrected chi connectivity index (χ2v) is 4.28. The van der Waals surface area contributed by atoms with Crippen LogP contribution < -0.4 is 4.74 Å². The predicted octanol–water partition coefficient (Wildman–Crippen LogP) is 3.94. The lowest BCUT2D eigenvalue weighted by molar-refractivity contribution is 0.400. The van der Waals surface area contributed by atoms with Gasteiger partial charge < -0.3 is 4.74 Å². The topological polar surface area (TPSA) is 9.23 Å². The first-order valence-corrected chi connectivity index (χ1v) is 5.24. The van der Waals surface area contributed by atoms with Crippen molar-refractivity contribution in [2.24, 2.45) is 0 Å². The molecule has 0 spiro atoms. The van der Waals surface area contributed by atoms with Crippen molar-refractivity contribution in [2.45, 2.75) is 39.5 Å². The van der Waals surface area contributed by atoms with Crippen LogP contribution in [0.3, 0.4) is 0 Å². The number of hydrogen-bond acceptors (Lipinski definition) is 1. The van der Waals surface area contributed by atoms with Gasteiger partial charge in [-0.3, -0.25) is 0 Å². The second-order valence-electron chi connectivity index (χ2n) is 4.28. The lowest BCUT2D eigenvalue weighted by Gasteiger charge is -2.17. The van der Waals surface area contributed by atoms with Gasteiger partial charge in [-0.25, -0.2) is 0 Å². The van der Waals surface area contributed by atoms with E-state index in [-0.39, 0.29) is 0 Å². The van der Waals surface area contributed by atoms with E-state index < -0.39 is 0 Å². The summed E-state index contributed by atoms with van der Waals surface area (Å²) in [6.45, 7) is 8.79. The molecule has 0 N–H and O–H groups in total. The minimum Gasteiger partial charge on any atom is -0.496 e. The zero-order chi connectivity index (χ0) is 10.7. The molecule has 0 atom stereocenters. The van der Waals surface area contributed by atoms with Gasteiger partial charge in [0.2, 0.25) is 0 Å². The minimum atomic E-state index is 0.517. The normalized spacial score (nSPS) is 11.1. The van der Waals surface area contributed by atoms with E-state index in [0.717, 1.165) is 5.75 Å². The Morgan fingerprint density at radius 2 is 1.36 bits per heavy atom. The molecule has 0 saturated heterocycles. The number of benzene rings is 1. The zero-order valence-electron chi connectivity index (χ0n) is 9.79. The minimum absolute atomic E-state index is 0.517. The quantitative estimate of drug-likeness (QED) is 0.704. The molecule has 0 aromatic heterocycles. The third-order valence-electron chi connectivity index (χ3n) is 2.52. The first kappa shape index (κ1) is 11.1. The molecular formula is C13H20O. The second kappa shape index (κ2) is 4.50. The lowest BCUT2D eigenvalue weighted by Crippen LogP contribution is -2.00. The van der Waals surface area contributed by atoms with Gasteiger partial charge in [-0.15, -0.1) is 0 Å². The highest BCUT2D eigenvalue weighted by molar-refractivity contribution is 5.44.